The smallest absolute Gasteiger partial charge is 0.253 e. The maximum atomic E-state index is 11.8. The van der Waals surface area contributed by atoms with Gasteiger partial charge in [-0.15, -0.1) is 11.6 Å². The van der Waals surface area contributed by atoms with E-state index in [0.717, 1.165) is 5.56 Å². The van der Waals surface area contributed by atoms with Crippen molar-refractivity contribution in [1.29, 1.82) is 0 Å². The summed E-state index contributed by atoms with van der Waals surface area (Å²) in [5.41, 5.74) is 1.57. The molecule has 0 atom stereocenters. The van der Waals surface area contributed by atoms with Gasteiger partial charge in [0.05, 0.1) is 11.4 Å². The van der Waals surface area contributed by atoms with E-state index in [9.17, 15) is 13.2 Å². The second kappa shape index (κ2) is 6.25. The van der Waals surface area contributed by atoms with Crippen molar-refractivity contribution in [3.8, 4) is 0 Å². The number of hydrogen-bond acceptors (Lipinski definition) is 3. The average Bonchev–Trinajstić information content (AvgIpc) is 2.30. The van der Waals surface area contributed by atoms with E-state index in [4.69, 9.17) is 11.6 Å². The molecule has 19 heavy (non-hydrogen) atoms. The van der Waals surface area contributed by atoms with Gasteiger partial charge in [0.2, 0.25) is 10.0 Å². The number of rotatable bonds is 5. The summed E-state index contributed by atoms with van der Waals surface area (Å²) >= 11 is 5.44. The first-order valence-corrected chi connectivity index (χ1v) is 7.84. The Morgan fingerprint density at radius 2 is 2.00 bits per heavy atom. The number of benzene rings is 1. The summed E-state index contributed by atoms with van der Waals surface area (Å²) in [4.78, 5) is 13.3. The molecule has 0 unspecified atom stereocenters. The van der Waals surface area contributed by atoms with Crippen molar-refractivity contribution in [2.75, 3.05) is 30.5 Å². The summed E-state index contributed by atoms with van der Waals surface area (Å²) in [6, 6.07) is 4.90. The zero-order valence-corrected chi connectivity index (χ0v) is 12.7. The Hall–Kier alpha value is -1.27. The molecule has 1 aromatic rings. The molecule has 1 rings (SSSR count). The van der Waals surface area contributed by atoms with Crippen LogP contribution in [0.1, 0.15) is 15.9 Å². The first-order valence-electron chi connectivity index (χ1n) is 5.65. The topological polar surface area (TPSA) is 66.5 Å². The highest BCUT2D eigenvalue weighted by Crippen LogP contribution is 2.19. The number of halogens is 1. The van der Waals surface area contributed by atoms with Gasteiger partial charge in [-0.05, 0) is 24.6 Å². The van der Waals surface area contributed by atoms with Crippen LogP contribution < -0.4 is 4.72 Å². The molecule has 1 aromatic carbocycles. The third-order valence-electron chi connectivity index (χ3n) is 2.50. The summed E-state index contributed by atoms with van der Waals surface area (Å²) in [7, 11) is -0.200. The van der Waals surface area contributed by atoms with Crippen molar-refractivity contribution < 1.29 is 13.2 Å². The van der Waals surface area contributed by atoms with Crippen molar-refractivity contribution in [1.82, 2.24) is 4.90 Å². The Bertz CT molecular complexity index is 570. The summed E-state index contributed by atoms with van der Waals surface area (Å²) in [5.74, 6) is -0.331. The van der Waals surface area contributed by atoms with Gasteiger partial charge >= 0.3 is 0 Å². The SMILES string of the molecule is Cc1ccc(C(=O)N(C)C)cc1NS(=O)(=O)CCCl. The first-order chi connectivity index (χ1) is 8.76. The molecule has 0 fully saturated rings. The molecular weight excluding hydrogens is 288 g/mol. The molecule has 0 heterocycles. The van der Waals surface area contributed by atoms with Crippen molar-refractivity contribution >= 4 is 33.2 Å². The van der Waals surface area contributed by atoms with Crippen LogP contribution in [-0.2, 0) is 10.0 Å². The van der Waals surface area contributed by atoms with Crippen LogP contribution >= 0.6 is 11.6 Å². The molecule has 0 aliphatic carbocycles. The number of sulfonamides is 1. The van der Waals surface area contributed by atoms with E-state index in [-0.39, 0.29) is 17.5 Å². The van der Waals surface area contributed by atoms with Crippen LogP contribution in [0.15, 0.2) is 18.2 Å². The van der Waals surface area contributed by atoms with Gasteiger partial charge in [0, 0.05) is 25.5 Å². The van der Waals surface area contributed by atoms with Crippen LogP contribution in [0.2, 0.25) is 0 Å². The fourth-order valence-corrected chi connectivity index (χ4v) is 2.91. The van der Waals surface area contributed by atoms with Crippen molar-refractivity contribution in [3.63, 3.8) is 0 Å². The molecule has 1 N–H and O–H groups in total. The number of nitrogens with zero attached hydrogens (tertiary/aromatic N) is 1. The van der Waals surface area contributed by atoms with Crippen molar-refractivity contribution in [3.05, 3.63) is 29.3 Å². The van der Waals surface area contributed by atoms with Gasteiger partial charge < -0.3 is 4.90 Å². The third kappa shape index (κ3) is 4.40. The molecule has 5 nitrogen and oxygen atoms in total. The van der Waals surface area contributed by atoms with E-state index in [2.05, 4.69) is 4.72 Å². The minimum Gasteiger partial charge on any atom is -0.345 e. The van der Waals surface area contributed by atoms with Crippen molar-refractivity contribution in [2.45, 2.75) is 6.92 Å². The van der Waals surface area contributed by atoms with Gasteiger partial charge in [-0.1, -0.05) is 6.07 Å². The summed E-state index contributed by atoms with van der Waals surface area (Å²) in [5, 5.41) is 0. The molecule has 1 amide bonds. The van der Waals surface area contributed by atoms with Crippen LogP contribution in [0.4, 0.5) is 5.69 Å². The fraction of sp³-hybridized carbons (Fsp3) is 0.417. The number of hydrogen-bond donors (Lipinski definition) is 1. The van der Waals surface area contributed by atoms with Crippen LogP contribution in [0.3, 0.4) is 0 Å². The predicted octanol–water partition coefficient (Wildman–Crippen LogP) is 1.68. The number of carbonyl (C=O) groups is 1. The van der Waals surface area contributed by atoms with E-state index < -0.39 is 10.0 Å². The molecule has 0 aliphatic rings. The zero-order valence-electron chi connectivity index (χ0n) is 11.1. The van der Waals surface area contributed by atoms with Crippen LogP contribution in [0.25, 0.3) is 0 Å². The quantitative estimate of drug-likeness (QED) is 0.842. The predicted molar refractivity (Wildman–Crippen MR) is 77.3 cm³/mol. The van der Waals surface area contributed by atoms with Crippen LogP contribution in [0, 0.1) is 6.92 Å². The molecule has 0 saturated heterocycles. The first kappa shape index (κ1) is 15.8. The highest BCUT2D eigenvalue weighted by Gasteiger charge is 2.14. The normalized spacial score (nSPS) is 11.2. The summed E-state index contributed by atoms with van der Waals surface area (Å²) in [6.07, 6.45) is 0. The van der Waals surface area contributed by atoms with E-state index >= 15 is 0 Å². The van der Waals surface area contributed by atoms with Crippen LogP contribution in [0.5, 0.6) is 0 Å². The maximum absolute atomic E-state index is 11.8. The standard InChI is InChI=1S/C12H17ClN2O3S/c1-9-4-5-10(12(16)15(2)3)8-11(9)14-19(17,18)7-6-13/h4-5,8,14H,6-7H2,1-3H3. The largest absolute Gasteiger partial charge is 0.345 e. The summed E-state index contributed by atoms with van der Waals surface area (Å²) < 4.78 is 25.8. The monoisotopic (exact) mass is 304 g/mol. The van der Waals surface area contributed by atoms with E-state index in [1.165, 1.54) is 11.0 Å². The lowest BCUT2D eigenvalue weighted by molar-refractivity contribution is 0.0827. The number of carbonyl (C=O) groups excluding carboxylic acids is 1. The highest BCUT2D eigenvalue weighted by atomic mass is 35.5. The minimum atomic E-state index is -3.48. The molecular formula is C12H17ClN2O3S. The lowest BCUT2D eigenvalue weighted by Gasteiger charge is -2.14. The van der Waals surface area contributed by atoms with E-state index in [1.54, 1.807) is 33.2 Å². The number of nitrogens with one attached hydrogen (secondary N) is 1. The molecule has 0 spiro atoms. The second-order valence-corrected chi connectivity index (χ2v) is 6.56. The Labute approximate surface area is 118 Å². The van der Waals surface area contributed by atoms with Gasteiger partial charge in [-0.25, -0.2) is 8.42 Å². The minimum absolute atomic E-state index is 0.0186. The fourth-order valence-electron chi connectivity index (χ4n) is 1.44. The van der Waals surface area contributed by atoms with Crippen LogP contribution in [-0.4, -0.2) is 45.0 Å². The van der Waals surface area contributed by atoms with E-state index in [0.29, 0.717) is 11.3 Å². The van der Waals surface area contributed by atoms with Gasteiger partial charge in [0.1, 0.15) is 0 Å². The summed E-state index contributed by atoms with van der Waals surface area (Å²) in [6.45, 7) is 1.77. The molecule has 7 heteroatoms. The van der Waals surface area contributed by atoms with Gasteiger partial charge in [-0.2, -0.15) is 0 Å². The lowest BCUT2D eigenvalue weighted by atomic mass is 10.1. The molecule has 0 bridgehead atoms. The third-order valence-corrected chi connectivity index (χ3v) is 4.19. The molecule has 106 valence electrons. The Kier molecular flexibility index (Phi) is 5.20. The number of aryl methyl sites for hydroxylation is 1. The van der Waals surface area contributed by atoms with Crippen molar-refractivity contribution in [2.24, 2.45) is 0 Å². The Morgan fingerprint density at radius 3 is 2.53 bits per heavy atom. The molecule has 0 aliphatic heterocycles. The van der Waals surface area contributed by atoms with Gasteiger partial charge in [-0.3, -0.25) is 9.52 Å². The molecule has 0 radical (unpaired) electrons. The van der Waals surface area contributed by atoms with E-state index in [1.807, 2.05) is 0 Å². The highest BCUT2D eigenvalue weighted by molar-refractivity contribution is 7.92. The number of anilines is 1. The Morgan fingerprint density at radius 1 is 1.37 bits per heavy atom. The van der Waals surface area contributed by atoms with Gasteiger partial charge in [0.25, 0.3) is 5.91 Å². The van der Waals surface area contributed by atoms with Gasteiger partial charge in [0.15, 0.2) is 0 Å². The average molecular weight is 305 g/mol. The lowest BCUT2D eigenvalue weighted by Crippen LogP contribution is -2.22. The second-order valence-electron chi connectivity index (χ2n) is 4.34. The maximum Gasteiger partial charge on any atom is 0.253 e. The Balaban J connectivity index is 3.08. The number of amides is 1. The zero-order chi connectivity index (χ0) is 14.6. The number of alkyl halides is 1. The molecule has 0 saturated carbocycles. The molecule has 0 aromatic heterocycles.